The van der Waals surface area contributed by atoms with Crippen LogP contribution in [0.3, 0.4) is 0 Å². The number of hydrazone groups is 1. The number of hydrogen-bond donors (Lipinski definition) is 1. The largest absolute Gasteiger partial charge is 0.372 e. The summed E-state index contributed by atoms with van der Waals surface area (Å²) in [5, 5.41) is 15.7. The summed E-state index contributed by atoms with van der Waals surface area (Å²) in [6.45, 7) is 3.93. The molecule has 0 bridgehead atoms. The van der Waals surface area contributed by atoms with E-state index < -0.39 is 0 Å². The molecule has 0 atom stereocenters. The number of nitrogens with zero attached hydrogens (tertiary/aromatic N) is 3. The molecular formula is C17H16N4O2. The van der Waals surface area contributed by atoms with Gasteiger partial charge in [-0.2, -0.15) is 5.10 Å². The Hall–Kier alpha value is -3.15. The highest BCUT2D eigenvalue weighted by atomic mass is 16.6. The molecule has 0 aliphatic carbocycles. The molecule has 2 aromatic rings. The van der Waals surface area contributed by atoms with E-state index in [9.17, 15) is 10.1 Å². The van der Waals surface area contributed by atoms with Gasteiger partial charge in [0.15, 0.2) is 0 Å². The third-order valence-electron chi connectivity index (χ3n) is 3.74. The Morgan fingerprint density at radius 2 is 1.87 bits per heavy atom. The zero-order chi connectivity index (χ0) is 16.6. The van der Waals surface area contributed by atoms with Crippen LogP contribution in [-0.2, 0) is 0 Å². The van der Waals surface area contributed by atoms with Gasteiger partial charge in [0.05, 0.1) is 16.3 Å². The molecule has 1 heterocycles. The van der Waals surface area contributed by atoms with Crippen LogP contribution in [0.4, 0.5) is 11.4 Å². The van der Waals surface area contributed by atoms with Gasteiger partial charge >= 0.3 is 0 Å². The average Bonchev–Trinajstić information content (AvgIpc) is 2.55. The fraction of sp³-hybridized carbons (Fsp3) is 0.118. The molecule has 0 spiro atoms. The topological polar surface area (TPSA) is 70.8 Å². The molecular weight excluding hydrogens is 292 g/mol. The second-order valence-corrected chi connectivity index (χ2v) is 5.45. The molecule has 6 heteroatoms. The highest BCUT2D eigenvalue weighted by Gasteiger charge is 2.22. The van der Waals surface area contributed by atoms with E-state index in [1.54, 1.807) is 31.1 Å². The van der Waals surface area contributed by atoms with Crippen molar-refractivity contribution in [2.75, 3.05) is 19.0 Å². The lowest BCUT2D eigenvalue weighted by molar-refractivity contribution is -0.384. The summed E-state index contributed by atoms with van der Waals surface area (Å²) in [5.74, 6) is 0. The van der Waals surface area contributed by atoms with E-state index >= 15 is 0 Å². The lowest BCUT2D eigenvalue weighted by Crippen LogP contribution is -2.20. The van der Waals surface area contributed by atoms with Gasteiger partial charge in [-0.15, -0.1) is 0 Å². The number of nitro groups is 1. The first-order valence-corrected chi connectivity index (χ1v) is 7.07. The predicted octanol–water partition coefficient (Wildman–Crippen LogP) is 2.99. The van der Waals surface area contributed by atoms with Gasteiger partial charge in [0.1, 0.15) is 5.69 Å². The molecule has 1 N–H and O–H groups in total. The van der Waals surface area contributed by atoms with Crippen LogP contribution in [0.2, 0.25) is 0 Å². The Balaban J connectivity index is 2.15. The SMILES string of the molecule is C=C1NN=C(c2ccc(N(C)C)c([N+](=O)[O-])c2)c2ccccc21. The highest BCUT2D eigenvalue weighted by Crippen LogP contribution is 2.30. The van der Waals surface area contributed by atoms with Gasteiger partial charge in [0.2, 0.25) is 0 Å². The first kappa shape index (κ1) is 14.8. The zero-order valence-electron chi connectivity index (χ0n) is 12.9. The van der Waals surface area contributed by atoms with E-state index in [1.165, 1.54) is 0 Å². The predicted molar refractivity (Wildman–Crippen MR) is 91.7 cm³/mol. The summed E-state index contributed by atoms with van der Waals surface area (Å²) in [7, 11) is 3.56. The van der Waals surface area contributed by atoms with Gasteiger partial charge in [-0.3, -0.25) is 15.5 Å². The van der Waals surface area contributed by atoms with Crippen molar-refractivity contribution in [1.29, 1.82) is 0 Å². The summed E-state index contributed by atoms with van der Waals surface area (Å²) in [5.41, 5.74) is 7.41. The van der Waals surface area contributed by atoms with Crippen LogP contribution in [0.15, 0.2) is 54.1 Å². The Labute approximate surface area is 133 Å². The molecule has 0 radical (unpaired) electrons. The quantitative estimate of drug-likeness (QED) is 0.699. The van der Waals surface area contributed by atoms with Crippen molar-refractivity contribution in [3.8, 4) is 0 Å². The van der Waals surface area contributed by atoms with E-state index in [-0.39, 0.29) is 10.6 Å². The van der Waals surface area contributed by atoms with Crippen molar-refractivity contribution in [2.24, 2.45) is 5.10 Å². The fourth-order valence-corrected chi connectivity index (χ4v) is 2.61. The second kappa shape index (κ2) is 5.57. The lowest BCUT2D eigenvalue weighted by Gasteiger charge is -2.20. The molecule has 3 rings (SSSR count). The number of nitro benzene ring substituents is 1. The molecule has 0 fully saturated rings. The number of fused-ring (bicyclic) bond motifs is 1. The van der Waals surface area contributed by atoms with Crippen molar-refractivity contribution in [3.63, 3.8) is 0 Å². The number of benzene rings is 2. The first-order valence-electron chi connectivity index (χ1n) is 7.07. The lowest BCUT2D eigenvalue weighted by atomic mass is 9.94. The number of rotatable bonds is 3. The third kappa shape index (κ3) is 2.55. The molecule has 1 aliphatic rings. The number of hydrogen-bond acceptors (Lipinski definition) is 5. The number of anilines is 1. The number of nitrogens with one attached hydrogen (secondary N) is 1. The molecule has 0 saturated carbocycles. The average molecular weight is 308 g/mol. The molecule has 1 aliphatic heterocycles. The standard InChI is InChI=1S/C17H16N4O2/c1-11-13-6-4-5-7-14(13)17(19-18-11)12-8-9-15(20(2)3)16(10-12)21(22)23/h4-10,18H,1H2,2-3H3. The maximum absolute atomic E-state index is 11.4. The van der Waals surface area contributed by atoms with Crippen molar-refractivity contribution in [1.82, 2.24) is 5.43 Å². The van der Waals surface area contributed by atoms with Crippen LogP contribution in [0, 0.1) is 10.1 Å². The van der Waals surface area contributed by atoms with Crippen molar-refractivity contribution in [3.05, 3.63) is 75.8 Å². The molecule has 2 aromatic carbocycles. The van der Waals surface area contributed by atoms with Crippen LogP contribution >= 0.6 is 0 Å². The van der Waals surface area contributed by atoms with Crippen LogP contribution in [0.5, 0.6) is 0 Å². The van der Waals surface area contributed by atoms with Crippen LogP contribution in [-0.4, -0.2) is 24.7 Å². The molecule has 0 amide bonds. The Morgan fingerprint density at radius 3 is 2.52 bits per heavy atom. The van der Waals surface area contributed by atoms with Crippen molar-refractivity contribution >= 4 is 22.8 Å². The van der Waals surface area contributed by atoms with Crippen LogP contribution in [0.25, 0.3) is 5.70 Å². The van der Waals surface area contributed by atoms with Gasteiger partial charge in [0.25, 0.3) is 5.69 Å². The highest BCUT2D eigenvalue weighted by molar-refractivity contribution is 6.16. The molecule has 0 unspecified atom stereocenters. The minimum absolute atomic E-state index is 0.0529. The monoisotopic (exact) mass is 308 g/mol. The smallest absolute Gasteiger partial charge is 0.293 e. The first-order chi connectivity index (χ1) is 11.0. The summed E-state index contributed by atoms with van der Waals surface area (Å²) in [6, 6.07) is 12.9. The normalized spacial score (nSPS) is 13.0. The van der Waals surface area contributed by atoms with Gasteiger partial charge in [-0.25, -0.2) is 0 Å². The fourth-order valence-electron chi connectivity index (χ4n) is 2.61. The van der Waals surface area contributed by atoms with Gasteiger partial charge in [-0.05, 0) is 6.07 Å². The van der Waals surface area contributed by atoms with E-state index in [0.29, 0.717) is 22.7 Å². The maximum Gasteiger partial charge on any atom is 0.293 e. The maximum atomic E-state index is 11.4. The summed E-state index contributed by atoms with van der Waals surface area (Å²) in [6.07, 6.45) is 0. The van der Waals surface area contributed by atoms with Crippen molar-refractivity contribution in [2.45, 2.75) is 0 Å². The van der Waals surface area contributed by atoms with E-state index in [1.807, 2.05) is 30.3 Å². The van der Waals surface area contributed by atoms with Crippen LogP contribution in [0.1, 0.15) is 16.7 Å². The molecule has 23 heavy (non-hydrogen) atoms. The van der Waals surface area contributed by atoms with Gasteiger partial charge < -0.3 is 4.90 Å². The second-order valence-electron chi connectivity index (χ2n) is 5.45. The van der Waals surface area contributed by atoms with Crippen LogP contribution < -0.4 is 10.3 Å². The molecule has 0 aromatic heterocycles. The molecule has 6 nitrogen and oxygen atoms in total. The van der Waals surface area contributed by atoms with Gasteiger partial charge in [0, 0.05) is 36.9 Å². The summed E-state index contributed by atoms with van der Waals surface area (Å²) in [4.78, 5) is 12.7. The Bertz CT molecular complexity index is 840. The van der Waals surface area contributed by atoms with E-state index in [2.05, 4.69) is 17.1 Å². The zero-order valence-corrected chi connectivity index (χ0v) is 12.9. The summed E-state index contributed by atoms with van der Waals surface area (Å²) < 4.78 is 0. The molecule has 116 valence electrons. The van der Waals surface area contributed by atoms with Gasteiger partial charge in [-0.1, -0.05) is 36.9 Å². The Morgan fingerprint density at radius 1 is 1.17 bits per heavy atom. The van der Waals surface area contributed by atoms with E-state index in [4.69, 9.17) is 0 Å². The van der Waals surface area contributed by atoms with Crippen molar-refractivity contribution < 1.29 is 4.92 Å². The minimum atomic E-state index is -0.375. The van der Waals surface area contributed by atoms with E-state index in [0.717, 1.165) is 11.1 Å². The third-order valence-corrected chi connectivity index (χ3v) is 3.74. The Kier molecular flexibility index (Phi) is 3.57. The molecule has 0 saturated heterocycles. The summed E-state index contributed by atoms with van der Waals surface area (Å²) >= 11 is 0. The minimum Gasteiger partial charge on any atom is -0.372 e.